The standard InChI is InChI=1S/C14H23N3O4/c1-10-14(20)12(11(9-18)7-17-10)8-15-4-3-13(19)16-5-6-21-2/h7,15,18,20H,3-6,8-9H2,1-2H3,(H,16,19). The lowest BCUT2D eigenvalue weighted by Gasteiger charge is -2.12. The van der Waals surface area contributed by atoms with Gasteiger partial charge in [-0.15, -0.1) is 0 Å². The molecule has 0 unspecified atom stereocenters. The molecule has 0 bridgehead atoms. The van der Waals surface area contributed by atoms with Gasteiger partial charge in [0.25, 0.3) is 0 Å². The Labute approximate surface area is 124 Å². The first-order valence-electron chi connectivity index (χ1n) is 6.83. The zero-order valence-corrected chi connectivity index (χ0v) is 12.5. The molecule has 1 amide bonds. The highest BCUT2D eigenvalue weighted by Crippen LogP contribution is 2.23. The third kappa shape index (κ3) is 5.66. The second-order valence-electron chi connectivity index (χ2n) is 4.62. The van der Waals surface area contributed by atoms with Crippen LogP contribution in [0, 0.1) is 6.92 Å². The number of carbonyl (C=O) groups excluding carboxylic acids is 1. The van der Waals surface area contributed by atoms with Crippen molar-refractivity contribution >= 4 is 5.91 Å². The quantitative estimate of drug-likeness (QED) is 0.472. The van der Waals surface area contributed by atoms with Gasteiger partial charge in [-0.05, 0) is 6.92 Å². The zero-order chi connectivity index (χ0) is 15.7. The molecule has 1 aromatic rings. The van der Waals surface area contributed by atoms with Crippen LogP contribution in [-0.4, -0.2) is 47.9 Å². The summed E-state index contributed by atoms with van der Waals surface area (Å²) >= 11 is 0. The van der Waals surface area contributed by atoms with Gasteiger partial charge >= 0.3 is 0 Å². The molecule has 21 heavy (non-hydrogen) atoms. The van der Waals surface area contributed by atoms with E-state index in [0.717, 1.165) is 0 Å². The summed E-state index contributed by atoms with van der Waals surface area (Å²) in [4.78, 5) is 15.5. The highest BCUT2D eigenvalue weighted by molar-refractivity contribution is 5.76. The van der Waals surface area contributed by atoms with Crippen molar-refractivity contribution in [2.45, 2.75) is 26.5 Å². The van der Waals surface area contributed by atoms with Gasteiger partial charge in [0.1, 0.15) is 5.75 Å². The Morgan fingerprint density at radius 2 is 2.19 bits per heavy atom. The lowest BCUT2D eigenvalue weighted by Crippen LogP contribution is -2.30. The van der Waals surface area contributed by atoms with E-state index < -0.39 is 0 Å². The number of aromatic hydroxyl groups is 1. The van der Waals surface area contributed by atoms with Gasteiger partial charge in [0.2, 0.25) is 5.91 Å². The molecule has 0 spiro atoms. The minimum Gasteiger partial charge on any atom is -0.506 e. The number of rotatable bonds is 9. The number of hydrogen-bond donors (Lipinski definition) is 4. The van der Waals surface area contributed by atoms with Crippen molar-refractivity contribution in [2.24, 2.45) is 0 Å². The molecule has 4 N–H and O–H groups in total. The summed E-state index contributed by atoms with van der Waals surface area (Å²) in [6.45, 7) is 3.34. The van der Waals surface area contributed by atoms with E-state index in [9.17, 15) is 15.0 Å². The molecule has 0 saturated heterocycles. The molecule has 0 aliphatic heterocycles. The molecule has 0 atom stereocenters. The van der Waals surface area contributed by atoms with Gasteiger partial charge in [-0.3, -0.25) is 9.78 Å². The van der Waals surface area contributed by atoms with Gasteiger partial charge in [-0.1, -0.05) is 0 Å². The molecule has 0 fully saturated rings. The number of ether oxygens (including phenoxy) is 1. The van der Waals surface area contributed by atoms with Crippen LogP contribution in [-0.2, 0) is 22.7 Å². The molecular formula is C14H23N3O4. The van der Waals surface area contributed by atoms with E-state index in [-0.39, 0.29) is 18.3 Å². The number of carbonyl (C=O) groups is 1. The Kier molecular flexibility index (Phi) is 7.66. The molecule has 1 heterocycles. The van der Waals surface area contributed by atoms with Crippen LogP contribution in [0.4, 0.5) is 0 Å². The van der Waals surface area contributed by atoms with Crippen molar-refractivity contribution in [2.75, 3.05) is 26.8 Å². The minimum absolute atomic E-state index is 0.0583. The van der Waals surface area contributed by atoms with Gasteiger partial charge in [0, 0.05) is 50.5 Å². The van der Waals surface area contributed by atoms with E-state index in [1.807, 2.05) is 0 Å². The van der Waals surface area contributed by atoms with Gasteiger partial charge in [0.15, 0.2) is 0 Å². The number of aryl methyl sites for hydroxylation is 1. The van der Waals surface area contributed by atoms with Gasteiger partial charge < -0.3 is 25.6 Å². The number of aliphatic hydroxyl groups excluding tert-OH is 1. The first-order valence-corrected chi connectivity index (χ1v) is 6.83. The zero-order valence-electron chi connectivity index (χ0n) is 12.5. The summed E-state index contributed by atoms with van der Waals surface area (Å²) in [6.07, 6.45) is 1.88. The van der Waals surface area contributed by atoms with Crippen LogP contribution < -0.4 is 10.6 Å². The number of pyridine rings is 1. The van der Waals surface area contributed by atoms with E-state index >= 15 is 0 Å². The number of aromatic nitrogens is 1. The Balaban J connectivity index is 2.39. The molecule has 0 radical (unpaired) electrons. The number of aliphatic hydroxyl groups is 1. The fraction of sp³-hybridized carbons (Fsp3) is 0.571. The highest BCUT2D eigenvalue weighted by Gasteiger charge is 2.11. The van der Waals surface area contributed by atoms with Crippen molar-refractivity contribution in [3.63, 3.8) is 0 Å². The maximum absolute atomic E-state index is 11.5. The minimum atomic E-state index is -0.185. The molecule has 0 aliphatic rings. The molecule has 118 valence electrons. The van der Waals surface area contributed by atoms with E-state index in [0.29, 0.717) is 49.5 Å². The lowest BCUT2D eigenvalue weighted by atomic mass is 10.1. The van der Waals surface area contributed by atoms with Crippen molar-refractivity contribution in [3.05, 3.63) is 23.0 Å². The second-order valence-corrected chi connectivity index (χ2v) is 4.62. The number of amides is 1. The molecular weight excluding hydrogens is 274 g/mol. The molecule has 0 saturated carbocycles. The summed E-state index contributed by atoms with van der Waals surface area (Å²) in [5.41, 5.74) is 1.71. The highest BCUT2D eigenvalue weighted by atomic mass is 16.5. The Hall–Kier alpha value is -1.70. The first-order chi connectivity index (χ1) is 10.1. The summed E-state index contributed by atoms with van der Waals surface area (Å²) < 4.78 is 4.84. The van der Waals surface area contributed by atoms with Gasteiger partial charge in [-0.25, -0.2) is 0 Å². The number of nitrogens with zero attached hydrogens (tertiary/aromatic N) is 1. The Morgan fingerprint density at radius 1 is 1.43 bits per heavy atom. The first kappa shape index (κ1) is 17.4. The molecule has 1 rings (SSSR count). The predicted octanol–water partition coefficient (Wildman–Crippen LogP) is -0.170. The van der Waals surface area contributed by atoms with Crippen molar-refractivity contribution in [1.29, 1.82) is 0 Å². The van der Waals surface area contributed by atoms with Crippen molar-refractivity contribution < 1.29 is 19.7 Å². The molecule has 1 aromatic heterocycles. The van der Waals surface area contributed by atoms with E-state index in [4.69, 9.17) is 4.74 Å². The lowest BCUT2D eigenvalue weighted by molar-refractivity contribution is -0.121. The molecule has 0 aromatic carbocycles. The van der Waals surface area contributed by atoms with Crippen molar-refractivity contribution in [3.8, 4) is 5.75 Å². The monoisotopic (exact) mass is 297 g/mol. The van der Waals surface area contributed by atoms with Crippen LogP contribution in [0.25, 0.3) is 0 Å². The van der Waals surface area contributed by atoms with E-state index in [1.54, 1.807) is 20.2 Å². The molecule has 7 heteroatoms. The number of methoxy groups -OCH3 is 1. The number of hydrogen-bond acceptors (Lipinski definition) is 6. The van der Waals surface area contributed by atoms with E-state index in [2.05, 4.69) is 15.6 Å². The summed E-state index contributed by atoms with van der Waals surface area (Å²) in [6, 6.07) is 0. The van der Waals surface area contributed by atoms with Crippen LogP contribution in [0.2, 0.25) is 0 Å². The normalized spacial score (nSPS) is 10.6. The average molecular weight is 297 g/mol. The van der Waals surface area contributed by atoms with Gasteiger partial charge in [0.05, 0.1) is 18.9 Å². The topological polar surface area (TPSA) is 104 Å². The predicted molar refractivity (Wildman–Crippen MR) is 77.8 cm³/mol. The second kappa shape index (κ2) is 9.28. The van der Waals surface area contributed by atoms with Gasteiger partial charge in [-0.2, -0.15) is 0 Å². The van der Waals surface area contributed by atoms with Crippen LogP contribution in [0.5, 0.6) is 5.75 Å². The van der Waals surface area contributed by atoms with Crippen LogP contribution in [0.3, 0.4) is 0 Å². The maximum atomic E-state index is 11.5. The van der Waals surface area contributed by atoms with Crippen LogP contribution in [0.1, 0.15) is 23.2 Å². The largest absolute Gasteiger partial charge is 0.506 e. The number of nitrogens with one attached hydrogen (secondary N) is 2. The van der Waals surface area contributed by atoms with Crippen LogP contribution in [0.15, 0.2) is 6.20 Å². The smallest absolute Gasteiger partial charge is 0.221 e. The third-order valence-electron chi connectivity index (χ3n) is 3.06. The summed E-state index contributed by atoms with van der Waals surface area (Å²) in [5.74, 6) is 0.0238. The summed E-state index contributed by atoms with van der Waals surface area (Å²) in [7, 11) is 1.58. The molecule has 0 aliphatic carbocycles. The fourth-order valence-corrected chi connectivity index (χ4v) is 1.81. The average Bonchev–Trinajstić information content (AvgIpc) is 2.48. The summed E-state index contributed by atoms with van der Waals surface area (Å²) in [5, 5.41) is 25.0. The van der Waals surface area contributed by atoms with Crippen molar-refractivity contribution in [1.82, 2.24) is 15.6 Å². The third-order valence-corrected chi connectivity index (χ3v) is 3.06. The Morgan fingerprint density at radius 3 is 2.86 bits per heavy atom. The van der Waals surface area contributed by atoms with Crippen LogP contribution >= 0.6 is 0 Å². The maximum Gasteiger partial charge on any atom is 0.221 e. The van der Waals surface area contributed by atoms with E-state index in [1.165, 1.54) is 0 Å². The Bertz CT molecular complexity index is 466. The molecule has 7 nitrogen and oxygen atoms in total. The SMILES string of the molecule is COCCNC(=O)CCNCc1c(CO)cnc(C)c1O. The fourth-order valence-electron chi connectivity index (χ4n) is 1.81.